The Morgan fingerprint density at radius 1 is 0.556 bits per heavy atom. The lowest BCUT2D eigenvalue weighted by molar-refractivity contribution is -0.156. The maximum Gasteiger partial charge on any atom is 0.329 e. The van der Waals surface area contributed by atoms with E-state index >= 15 is 9.59 Å². The van der Waals surface area contributed by atoms with Crippen LogP contribution in [0.1, 0.15) is 197 Å². The average molecular weight is 1870 g/mol. The van der Waals surface area contributed by atoms with Gasteiger partial charge in [-0.05, 0) is 95.4 Å². The molecule has 2 aromatic heterocycles. The highest BCUT2D eigenvalue weighted by Crippen LogP contribution is 2.22. The molecule has 48 heteroatoms. The molecule has 0 saturated carbocycles. The van der Waals surface area contributed by atoms with E-state index in [1.807, 2.05) is 16.0 Å². The number of ketones is 2. The quantitative estimate of drug-likeness (QED) is 0.00876. The van der Waals surface area contributed by atoms with Gasteiger partial charge in [-0.2, -0.15) is 0 Å². The van der Waals surface area contributed by atoms with Crippen molar-refractivity contribution in [1.82, 2.24) is 94.4 Å². The predicted molar refractivity (Wildman–Crippen MR) is 466 cm³/mol. The van der Waals surface area contributed by atoms with E-state index in [1.54, 1.807) is 41.3 Å². The number of nitrogens with zero attached hydrogens (tertiary/aromatic N) is 3. The number of aliphatic hydroxyl groups is 1. The number of carboxylic acid groups (broad SMARTS) is 4. The van der Waals surface area contributed by atoms with Gasteiger partial charge in [-0.15, -0.1) is 5.10 Å². The molecule has 5 rings (SSSR count). The van der Waals surface area contributed by atoms with Crippen molar-refractivity contribution < 1.29 is 136 Å². The van der Waals surface area contributed by atoms with Crippen molar-refractivity contribution in [3.63, 3.8) is 0 Å². The highest BCUT2D eigenvalue weighted by molar-refractivity contribution is 6.05. The maximum atomic E-state index is 15.0. The Hall–Kier alpha value is -14.4. The number of aromatic nitrogens is 4. The zero-order valence-corrected chi connectivity index (χ0v) is 74.4. The molecule has 0 spiro atoms. The van der Waals surface area contributed by atoms with Gasteiger partial charge in [0, 0.05) is 79.7 Å². The van der Waals surface area contributed by atoms with E-state index in [1.165, 1.54) is 31.2 Å². The number of amides is 15. The number of nitrogens with two attached hydrogens (primary N) is 2. The first-order valence-corrected chi connectivity index (χ1v) is 43.5. The number of rotatable bonds is 46. The van der Waals surface area contributed by atoms with Gasteiger partial charge in [0.05, 0.1) is 57.5 Å². The van der Waals surface area contributed by atoms with Gasteiger partial charge in [0.1, 0.15) is 78.3 Å². The number of aliphatic hydroxyl groups excluding tert-OH is 1. The number of cyclic esters (lactones) is 1. The molecule has 133 heavy (non-hydrogen) atoms. The van der Waals surface area contributed by atoms with Gasteiger partial charge >= 0.3 is 29.8 Å². The molecule has 1 aliphatic heterocycles. The van der Waals surface area contributed by atoms with Crippen molar-refractivity contribution >= 4 is 147 Å². The molecule has 1 fully saturated rings. The van der Waals surface area contributed by atoms with E-state index in [4.69, 9.17) is 16.2 Å². The van der Waals surface area contributed by atoms with Crippen molar-refractivity contribution in [3.8, 4) is 0 Å². The lowest BCUT2D eigenvalue weighted by Gasteiger charge is -2.30. The summed E-state index contributed by atoms with van der Waals surface area (Å²) in [6, 6.07) is -11.1. The summed E-state index contributed by atoms with van der Waals surface area (Å²) < 4.78 is 7.37. The van der Waals surface area contributed by atoms with Crippen molar-refractivity contribution in [2.45, 2.75) is 268 Å². The van der Waals surface area contributed by atoms with Gasteiger partial charge in [0.25, 0.3) is 0 Å². The molecular formula is C85H120N20O28. The molecule has 0 bridgehead atoms. The number of H-pyrrole nitrogens is 1. The minimum atomic E-state index is -2.50. The number of esters is 1. The number of benzene rings is 2. The van der Waals surface area contributed by atoms with Crippen LogP contribution in [0.3, 0.4) is 0 Å². The van der Waals surface area contributed by atoms with Gasteiger partial charge in [-0.25, -0.2) is 4.79 Å². The molecule has 2 aromatic carbocycles. The molecule has 3 heterocycles. The number of ether oxygens (including phenoxy) is 1. The Morgan fingerprint density at radius 3 is 1.75 bits per heavy atom. The smallest absolute Gasteiger partial charge is 0.329 e. The molecular weight excluding hydrogens is 1750 g/mol. The molecule has 13 atom stereocenters. The first-order valence-electron chi connectivity index (χ1n) is 43.5. The number of aryl methyl sites for hydroxylation is 2. The number of fused-ring (bicyclic) bond motifs is 1. The third kappa shape index (κ3) is 39.5. The SMILES string of the molecule is CCCCCCCCCC(=O)N[C@@H](Cc1c[nH]c2ccccc12)C(=O)N[C@H](CC(N)=O)C(=O)N[C@@H](CC(=O)O)C(=O)N[C@@H]1C(=O)NCC(=O)N[C@@H](CCCNC(=O)CCCCCn2cc(CCCC(C)=O)nn2)C(=O)N[C@@H](CC(=O)O)C(=O)N[C@H](C)C(=O)N[C@@H](CC(=O)O)C(=O)NCC(=O)N[C@H](CO)C(=O)N[C@@H](C(C)CC(=O)O)C(=O)N[C@@H](CC(=O)c2ccccc2N)C(=O)O[C@@H]1C. The van der Waals surface area contributed by atoms with E-state index < -0.39 is 267 Å². The molecule has 48 nitrogen and oxygen atoms in total. The number of anilines is 1. The highest BCUT2D eigenvalue weighted by atomic mass is 16.5. The Bertz CT molecular complexity index is 4800. The number of primary amides is 1. The monoisotopic (exact) mass is 1870 g/mol. The predicted octanol–water partition coefficient (Wildman–Crippen LogP) is -3.70. The van der Waals surface area contributed by atoms with E-state index in [0.29, 0.717) is 80.1 Å². The number of nitrogens with one attached hydrogen (secondary N) is 15. The number of carboxylic acids is 4. The zero-order valence-electron chi connectivity index (χ0n) is 74.4. The first-order chi connectivity index (χ1) is 63.1. The van der Waals surface area contributed by atoms with Crippen LogP contribution in [0.15, 0.2) is 60.9 Å². The summed E-state index contributed by atoms with van der Waals surface area (Å²) >= 11 is 0. The second kappa shape index (κ2) is 56.3. The van der Waals surface area contributed by atoms with Gasteiger partial charge in [-0.3, -0.25) is 101 Å². The van der Waals surface area contributed by atoms with Gasteiger partial charge in [0.2, 0.25) is 88.6 Å². The minimum Gasteiger partial charge on any atom is -0.481 e. The van der Waals surface area contributed by atoms with Crippen LogP contribution in [0.5, 0.6) is 0 Å². The summed E-state index contributed by atoms with van der Waals surface area (Å²) in [5.41, 5.74) is 13.1. The first kappa shape index (κ1) is 109. The van der Waals surface area contributed by atoms with Gasteiger partial charge < -0.3 is 126 Å². The number of aromatic amines is 1. The summed E-state index contributed by atoms with van der Waals surface area (Å²) in [7, 11) is 0. The van der Waals surface area contributed by atoms with Crippen molar-refractivity contribution in [3.05, 3.63) is 77.7 Å². The number of para-hydroxylation sites is 2. The van der Waals surface area contributed by atoms with Crippen LogP contribution in [0.4, 0.5) is 5.69 Å². The fourth-order valence-corrected chi connectivity index (χ4v) is 13.9. The average Bonchev–Trinajstić information content (AvgIpc) is 1.24. The van der Waals surface area contributed by atoms with Crippen molar-refractivity contribution in [2.75, 3.05) is 32.0 Å². The third-order valence-electron chi connectivity index (χ3n) is 21.0. The van der Waals surface area contributed by atoms with Crippen LogP contribution in [0.2, 0.25) is 0 Å². The Balaban J connectivity index is 1.60. The number of carbonyl (C=O) groups excluding carboxylic acids is 18. The molecule has 1 saturated heterocycles. The number of carbonyl (C=O) groups is 22. The van der Waals surface area contributed by atoms with E-state index in [2.05, 4.69) is 80.7 Å². The highest BCUT2D eigenvalue weighted by Gasteiger charge is 2.41. The molecule has 15 amide bonds. The number of aliphatic carboxylic acids is 4. The zero-order chi connectivity index (χ0) is 98.6. The molecule has 728 valence electrons. The van der Waals surface area contributed by atoms with Crippen molar-refractivity contribution in [2.24, 2.45) is 11.7 Å². The molecule has 0 radical (unpaired) electrons. The Kier molecular flexibility index (Phi) is 46.2. The molecule has 1 aliphatic rings. The fourth-order valence-electron chi connectivity index (χ4n) is 13.9. The maximum absolute atomic E-state index is 15.0. The number of hydrogen-bond donors (Lipinski definition) is 22. The van der Waals surface area contributed by atoms with Crippen LogP contribution in [-0.2, 0) is 125 Å². The van der Waals surface area contributed by atoms with Gasteiger partial charge in [-0.1, -0.05) is 94.3 Å². The summed E-state index contributed by atoms with van der Waals surface area (Å²) in [6.07, 6.45) is 1.86. The summed E-state index contributed by atoms with van der Waals surface area (Å²) in [5, 5.41) is 90.4. The minimum absolute atomic E-state index is 0.00534. The summed E-state index contributed by atoms with van der Waals surface area (Å²) in [6.45, 7) is 2.87. The van der Waals surface area contributed by atoms with E-state index in [9.17, 15) is 121 Å². The summed E-state index contributed by atoms with van der Waals surface area (Å²) in [5.74, 6) is -30.7. The number of hydrogen-bond acceptors (Lipinski definition) is 27. The molecule has 24 N–H and O–H groups in total. The van der Waals surface area contributed by atoms with E-state index in [-0.39, 0.29) is 49.3 Å². The number of Topliss-reactive ketones (excluding diaryl/α,β-unsaturated/α-hetero) is 2. The van der Waals surface area contributed by atoms with Crippen LogP contribution < -0.4 is 85.9 Å². The standard InChI is InChI=1S/C85H120N20O28/c1-6-7-8-9-10-11-13-30-66(111)94-56(34-49-40-89-54-27-18-16-24-51(49)54)79(126)97-57(36-64(87)109)80(127)99-60(39-72(120)121)81(128)102-74-48(5)133-85(132)61(35-63(108)52-25-15-17-26-53(52)86)100-84(131)73(45(2)33-69(114)115)101-82(129)62(44-106)95-68(113)41-90-76(123)58(37-70(116)117)96-75(122)47(4)92-78(125)59(38-71(118)119)98-77(124)55(93-67(112)42-91-83(74)130)28-21-31-88-65(110)29-14-12-19-32-105-43-50(103-104-105)23-20-22-46(3)107/h15-18,24-27,40,43,45,47-48,55-62,73-74,89,106H,6-14,19-23,28-39,41-42,44,86H2,1-5H3,(H2,87,109)(H,88,110)(H,90,123)(H,91,130)(H,92,125)(H,93,112)(H,94,111)(H,95,113)(H,96,122)(H,97,126)(H,98,124)(H,99,127)(H,100,131)(H,101,129)(H,102,128)(H,114,115)(H,116,117)(H,118,119)(H,120,121)/t45?,47-,48-,55+,56+,57-,58+,59+,60+,61+,62-,73+,74+/m1/s1. The second-order valence-electron chi connectivity index (χ2n) is 32.1. The topological polar surface area (TPSA) is 753 Å². The van der Waals surface area contributed by atoms with Crippen LogP contribution in [0.25, 0.3) is 10.9 Å². The second-order valence-corrected chi connectivity index (χ2v) is 32.1. The normalized spacial score (nSPS) is 19.8. The molecule has 4 aromatic rings. The largest absolute Gasteiger partial charge is 0.481 e. The lowest BCUT2D eigenvalue weighted by atomic mass is 9.96. The number of nitrogen functional groups attached to an aromatic ring is 1. The van der Waals surface area contributed by atoms with Crippen molar-refractivity contribution in [1.29, 1.82) is 0 Å². The van der Waals surface area contributed by atoms with Gasteiger partial charge in [0.15, 0.2) is 5.78 Å². The molecule has 1 unspecified atom stereocenters. The molecule has 0 aliphatic carbocycles. The fraction of sp³-hybridized carbons (Fsp3) is 0.553. The third-order valence-corrected chi connectivity index (χ3v) is 21.0. The summed E-state index contributed by atoms with van der Waals surface area (Å²) in [4.78, 5) is 305. The number of unbranched alkanes of at least 4 members (excludes halogenated alkanes) is 8. The van der Waals surface area contributed by atoms with E-state index in [0.717, 1.165) is 52.9 Å². The lowest BCUT2D eigenvalue weighted by Crippen LogP contribution is -2.62. The Labute approximate surface area is 762 Å². The van der Waals surface area contributed by atoms with Crippen LogP contribution >= 0.6 is 0 Å². The Morgan fingerprint density at radius 2 is 1.12 bits per heavy atom. The van der Waals surface area contributed by atoms with Crippen LogP contribution in [-0.4, -0.2) is 274 Å². The van der Waals surface area contributed by atoms with Crippen LogP contribution in [0, 0.1) is 5.92 Å².